The van der Waals surface area contributed by atoms with Gasteiger partial charge in [0.1, 0.15) is 0 Å². The summed E-state index contributed by atoms with van der Waals surface area (Å²) >= 11 is 0. The molecule has 0 aliphatic heterocycles. The van der Waals surface area contributed by atoms with Crippen LogP contribution in [-0.4, -0.2) is 55.6 Å². The van der Waals surface area contributed by atoms with Crippen LogP contribution >= 0.6 is 0 Å². The van der Waals surface area contributed by atoms with Crippen molar-refractivity contribution >= 4 is 22.1 Å². The summed E-state index contributed by atoms with van der Waals surface area (Å²) in [4.78, 5) is 23.4. The van der Waals surface area contributed by atoms with E-state index in [2.05, 4.69) is 6.92 Å². The number of carbonyl (C=O) groups excluding carboxylic acids is 2. The number of unbranched alkanes of at least 4 members (excludes halogenated alkanes) is 8. The summed E-state index contributed by atoms with van der Waals surface area (Å²) in [7, 11) is -1.73. The van der Waals surface area contributed by atoms with Crippen LogP contribution in [0.5, 0.6) is 0 Å². The van der Waals surface area contributed by atoms with Crippen LogP contribution in [0.4, 0.5) is 0 Å². The highest BCUT2D eigenvalue weighted by Crippen LogP contribution is 2.27. The third-order valence-electron chi connectivity index (χ3n) is 4.23. The smallest absolute Gasteiger partial charge is 0.414 e. The van der Waals surface area contributed by atoms with Crippen LogP contribution in [0, 0.1) is 0 Å². The largest absolute Gasteiger partial charge is 0.540 e. The van der Waals surface area contributed by atoms with Gasteiger partial charge in [0.05, 0.1) is 21.1 Å². The zero-order valence-electron chi connectivity index (χ0n) is 16.3. The van der Waals surface area contributed by atoms with Crippen molar-refractivity contribution < 1.29 is 36.9 Å². The molecule has 0 aromatic rings. The number of rotatable bonds is 14. The number of hydrogen-bond acceptors (Lipinski definition) is 6. The van der Waals surface area contributed by atoms with Gasteiger partial charge in [-0.2, -0.15) is 8.42 Å². The predicted octanol–water partition coefficient (Wildman–Crippen LogP) is 1.45. The van der Waals surface area contributed by atoms with Crippen molar-refractivity contribution in [1.29, 1.82) is 0 Å². The number of carboxylic acids is 1. The van der Waals surface area contributed by atoms with E-state index >= 15 is 0 Å². The second-order valence-electron chi connectivity index (χ2n) is 7.41. The van der Waals surface area contributed by atoms with E-state index in [4.69, 9.17) is 4.74 Å². The van der Waals surface area contributed by atoms with Crippen molar-refractivity contribution in [1.82, 2.24) is 0 Å². The topological polar surface area (TPSA) is 121 Å². The molecular weight excluding hydrogens is 362 g/mol. The third kappa shape index (κ3) is 7.20. The van der Waals surface area contributed by atoms with Crippen LogP contribution in [0.15, 0.2) is 0 Å². The van der Waals surface area contributed by atoms with E-state index in [1.54, 1.807) is 0 Å². The summed E-state index contributed by atoms with van der Waals surface area (Å²) in [5, 5.41) is 8.24. The number of likely N-dealkylation sites (N-methyl/N-ethyl adjacent to an activating group) is 1. The number of carboxylic acid groups (broad SMARTS) is 1. The minimum atomic E-state index is -5.26. The molecule has 0 amide bonds. The van der Waals surface area contributed by atoms with Gasteiger partial charge in [-0.3, -0.25) is 13.8 Å². The minimum absolute atomic E-state index is 0.125. The maximum Gasteiger partial charge on any atom is 0.414 e. The molecule has 0 aliphatic carbocycles. The van der Waals surface area contributed by atoms with Gasteiger partial charge in [0, 0.05) is 6.42 Å². The molecule has 9 heteroatoms. The van der Waals surface area contributed by atoms with E-state index in [0.717, 1.165) is 25.7 Å². The average molecular weight is 396 g/mol. The molecule has 0 aromatic carbocycles. The van der Waals surface area contributed by atoms with Crippen LogP contribution in [0.25, 0.3) is 0 Å². The SMILES string of the molecule is CCCCCCCCCCCC(=O)OC(C(=O)[O-])([N+](C)(C)C)S(=O)(=O)O. The first-order chi connectivity index (χ1) is 11.9. The molecule has 0 saturated carbocycles. The molecule has 0 aromatic heterocycles. The van der Waals surface area contributed by atoms with Crippen molar-refractivity contribution in [2.45, 2.75) is 76.2 Å². The molecule has 154 valence electrons. The summed E-state index contributed by atoms with van der Waals surface area (Å²) < 4.78 is 36.5. The molecule has 0 radical (unpaired) electrons. The lowest BCUT2D eigenvalue weighted by Gasteiger charge is -2.41. The molecule has 26 heavy (non-hydrogen) atoms. The number of ether oxygens (including phenoxy) is 1. The van der Waals surface area contributed by atoms with Crippen LogP contribution in [0.2, 0.25) is 0 Å². The van der Waals surface area contributed by atoms with Gasteiger partial charge in [0.2, 0.25) is 0 Å². The second kappa shape index (κ2) is 10.8. The Balaban J connectivity index is 4.52. The Labute approximate surface area is 156 Å². The molecule has 8 nitrogen and oxygen atoms in total. The van der Waals surface area contributed by atoms with Crippen molar-refractivity contribution in [3.05, 3.63) is 0 Å². The summed E-state index contributed by atoms with van der Waals surface area (Å²) in [6.45, 7) is 2.16. The lowest BCUT2D eigenvalue weighted by molar-refractivity contribution is -0.922. The van der Waals surface area contributed by atoms with Crippen LogP contribution in [0.3, 0.4) is 0 Å². The maximum atomic E-state index is 12.0. The first kappa shape index (κ1) is 24.8. The first-order valence-corrected chi connectivity index (χ1v) is 10.6. The van der Waals surface area contributed by atoms with Gasteiger partial charge in [0.15, 0.2) is 5.97 Å². The van der Waals surface area contributed by atoms with Gasteiger partial charge >= 0.3 is 21.1 Å². The number of aliphatic carboxylic acids is 1. The van der Waals surface area contributed by atoms with Gasteiger partial charge in [0.25, 0.3) is 0 Å². The minimum Gasteiger partial charge on any atom is -0.540 e. The molecule has 0 rings (SSSR count). The fourth-order valence-corrected chi connectivity index (χ4v) is 3.84. The normalized spacial score (nSPS) is 14.7. The summed E-state index contributed by atoms with van der Waals surface area (Å²) in [6.07, 6.45) is 9.11. The molecule has 0 aliphatic rings. The van der Waals surface area contributed by atoms with Crippen molar-refractivity contribution in [2.24, 2.45) is 0 Å². The van der Waals surface area contributed by atoms with E-state index < -0.39 is 31.6 Å². The Hall–Kier alpha value is -1.19. The zero-order valence-corrected chi connectivity index (χ0v) is 17.1. The Morgan fingerprint density at radius 2 is 1.38 bits per heavy atom. The summed E-state index contributed by atoms with van der Waals surface area (Å²) in [5.74, 6) is -3.18. The van der Waals surface area contributed by atoms with E-state index in [1.807, 2.05) is 0 Å². The predicted molar refractivity (Wildman–Crippen MR) is 95.3 cm³/mol. The van der Waals surface area contributed by atoms with Gasteiger partial charge in [-0.25, -0.2) is 0 Å². The Morgan fingerprint density at radius 1 is 0.962 bits per heavy atom. The molecule has 1 unspecified atom stereocenters. The molecule has 0 bridgehead atoms. The van der Waals surface area contributed by atoms with Gasteiger partial charge in [-0.15, -0.1) is 0 Å². The molecular formula is C17H33NO7S. The molecule has 1 N–H and O–H groups in total. The lowest BCUT2D eigenvalue weighted by Crippen LogP contribution is -2.71. The fourth-order valence-electron chi connectivity index (χ4n) is 2.74. The molecule has 0 saturated heterocycles. The maximum absolute atomic E-state index is 12.0. The molecule has 1 atom stereocenters. The molecule has 0 fully saturated rings. The van der Waals surface area contributed by atoms with Crippen molar-refractivity contribution in [3.63, 3.8) is 0 Å². The third-order valence-corrected chi connectivity index (χ3v) is 5.72. The van der Waals surface area contributed by atoms with E-state index in [0.29, 0.717) is 6.42 Å². The van der Waals surface area contributed by atoms with Gasteiger partial charge in [-0.1, -0.05) is 58.3 Å². The van der Waals surface area contributed by atoms with E-state index in [1.165, 1.54) is 46.8 Å². The Kier molecular flexibility index (Phi) is 10.3. The average Bonchev–Trinajstić information content (AvgIpc) is 2.48. The number of nitrogens with zero attached hydrogens (tertiary/aromatic N) is 1. The fraction of sp³-hybridized carbons (Fsp3) is 0.882. The lowest BCUT2D eigenvalue weighted by atomic mass is 10.1. The van der Waals surface area contributed by atoms with Gasteiger partial charge in [-0.05, 0) is 6.42 Å². The molecule has 0 heterocycles. The molecule has 0 spiro atoms. The second-order valence-corrected chi connectivity index (χ2v) is 8.91. The quantitative estimate of drug-likeness (QED) is 0.155. The Morgan fingerprint density at radius 3 is 1.73 bits per heavy atom. The van der Waals surface area contributed by atoms with Crippen LogP contribution < -0.4 is 5.11 Å². The first-order valence-electron chi connectivity index (χ1n) is 9.12. The highest BCUT2D eigenvalue weighted by Gasteiger charge is 2.61. The number of carbonyl (C=O) groups is 2. The van der Waals surface area contributed by atoms with Crippen molar-refractivity contribution in [3.8, 4) is 0 Å². The summed E-state index contributed by atoms with van der Waals surface area (Å²) in [6, 6.07) is 0. The van der Waals surface area contributed by atoms with E-state index in [9.17, 15) is 27.7 Å². The van der Waals surface area contributed by atoms with Crippen molar-refractivity contribution in [2.75, 3.05) is 21.1 Å². The zero-order chi connectivity index (χ0) is 20.4. The number of esters is 1. The highest BCUT2D eigenvalue weighted by molar-refractivity contribution is 7.87. The number of quaternary nitrogens is 1. The standard InChI is InChI=1S/C17H33NO7S/c1-5-6-7-8-9-10-11-12-13-14-15(19)25-17(16(20)21,18(2,3)4)26(22,23)24/h5-14H2,1-4H3,(H-,20,21,22,23,24). The van der Waals surface area contributed by atoms with Crippen LogP contribution in [-0.2, 0) is 24.4 Å². The van der Waals surface area contributed by atoms with Gasteiger partial charge < -0.3 is 14.6 Å². The summed E-state index contributed by atoms with van der Waals surface area (Å²) in [5.41, 5.74) is 0. The monoisotopic (exact) mass is 395 g/mol. The van der Waals surface area contributed by atoms with Crippen LogP contribution in [0.1, 0.15) is 71.1 Å². The number of hydrogen-bond donors (Lipinski definition) is 1. The Bertz CT molecular complexity index is 554. The van der Waals surface area contributed by atoms with E-state index in [-0.39, 0.29) is 6.42 Å². The highest BCUT2D eigenvalue weighted by atomic mass is 32.2.